The number of carbonyl (C=O) groups is 5. The third-order valence-corrected chi connectivity index (χ3v) is 15.9. The minimum absolute atomic E-state index is 0.0455. The van der Waals surface area contributed by atoms with Crippen molar-refractivity contribution < 1.29 is 62.2 Å². The summed E-state index contributed by atoms with van der Waals surface area (Å²) >= 11 is 12.5. The van der Waals surface area contributed by atoms with Gasteiger partial charge in [-0.2, -0.15) is 0 Å². The lowest BCUT2D eigenvalue weighted by Gasteiger charge is -2.49. The number of nitrogens with zero attached hydrogens (tertiary/aromatic N) is 3. The Labute approximate surface area is 399 Å². The lowest BCUT2D eigenvalue weighted by Crippen LogP contribution is -2.61. The second-order valence-corrected chi connectivity index (χ2v) is 20.8. The number of imide groups is 1. The number of amides is 3. The van der Waals surface area contributed by atoms with Crippen molar-refractivity contribution >= 4 is 53.2 Å². The minimum Gasteiger partial charge on any atom is -0.458 e. The molecule has 3 amide bonds. The van der Waals surface area contributed by atoms with Gasteiger partial charge in [0.05, 0.1) is 45.9 Å². The van der Waals surface area contributed by atoms with Crippen LogP contribution in [0.2, 0.25) is 10.0 Å². The van der Waals surface area contributed by atoms with E-state index in [1.54, 1.807) is 67.5 Å². The zero-order valence-corrected chi connectivity index (χ0v) is 41.8. The molecule has 5 aliphatic rings. The Morgan fingerprint density at radius 3 is 2.29 bits per heavy atom. The summed E-state index contributed by atoms with van der Waals surface area (Å²) in [5.74, 6) is -4.21. The zero-order valence-electron chi connectivity index (χ0n) is 40.3. The maximum Gasteiger partial charge on any atom is 0.419 e. The van der Waals surface area contributed by atoms with E-state index in [0.29, 0.717) is 28.8 Å². The number of halogens is 2. The van der Waals surface area contributed by atoms with Gasteiger partial charge < -0.3 is 43.2 Å². The smallest absolute Gasteiger partial charge is 0.419 e. The molecule has 1 aromatic carbocycles. The van der Waals surface area contributed by atoms with Crippen LogP contribution in [-0.4, -0.2) is 150 Å². The molecular formula is C48H71Cl2N3O13. The van der Waals surface area contributed by atoms with Crippen LogP contribution >= 0.6 is 23.2 Å². The summed E-state index contributed by atoms with van der Waals surface area (Å²) in [4.78, 5) is 75.3. The fourth-order valence-corrected chi connectivity index (χ4v) is 11.4. The predicted octanol–water partition coefficient (Wildman–Crippen LogP) is 7.69. The summed E-state index contributed by atoms with van der Waals surface area (Å²) in [6.07, 6.45) is -4.21. The van der Waals surface area contributed by atoms with Gasteiger partial charge >= 0.3 is 24.2 Å². The Morgan fingerprint density at radius 2 is 1.70 bits per heavy atom. The number of ketones is 1. The number of benzene rings is 1. The van der Waals surface area contributed by atoms with Crippen LogP contribution < -0.4 is 0 Å². The van der Waals surface area contributed by atoms with Crippen molar-refractivity contribution in [1.82, 2.24) is 14.7 Å². The molecule has 4 saturated heterocycles. The normalized spacial score (nSPS) is 38.3. The molecule has 1 N–H and O–H groups in total. The molecule has 16 nitrogen and oxygen atoms in total. The Morgan fingerprint density at radius 1 is 1.00 bits per heavy atom. The van der Waals surface area contributed by atoms with Crippen LogP contribution in [0.15, 0.2) is 18.2 Å². The van der Waals surface area contributed by atoms with Crippen molar-refractivity contribution in [2.24, 2.45) is 29.6 Å². The SMILES string of the molecule is CC[C@H]1OC(=O)[C@H](C)[C@@H](OC(=O)N2C(=O)OC[C@@H]2C)[C@H](C)[C@@H](O[C@@H]2O[C@H](C)C[C@H](N(C)CC3CCC3)[C@H]2O)[C@@](C)(OC)C[C@@H](C)C(=O)[C@H](C)[C@H]2N(CCc3ccc(Cl)c(Cl)c3)C(=O)O[C@]12C. The van der Waals surface area contributed by atoms with E-state index in [1.165, 1.54) is 18.4 Å². The molecular weight excluding hydrogens is 897 g/mol. The van der Waals surface area contributed by atoms with Crippen LogP contribution in [0.3, 0.4) is 0 Å². The fraction of sp³-hybridized carbons (Fsp3) is 0.771. The summed E-state index contributed by atoms with van der Waals surface area (Å²) < 4.78 is 43.7. The Hall–Kier alpha value is -3.25. The molecule has 370 valence electrons. The maximum atomic E-state index is 15.0. The van der Waals surface area contributed by atoms with Crippen LogP contribution in [0.25, 0.3) is 0 Å². The average Bonchev–Trinajstić information content (AvgIpc) is 3.74. The van der Waals surface area contributed by atoms with E-state index in [9.17, 15) is 24.3 Å². The van der Waals surface area contributed by atoms with Gasteiger partial charge in [-0.25, -0.2) is 19.3 Å². The molecule has 0 unspecified atom stereocenters. The van der Waals surface area contributed by atoms with Crippen LogP contribution in [0.5, 0.6) is 0 Å². The van der Waals surface area contributed by atoms with Crippen LogP contribution in [0.1, 0.15) is 106 Å². The molecule has 6 rings (SSSR count). The van der Waals surface area contributed by atoms with Gasteiger partial charge in [0, 0.05) is 44.0 Å². The van der Waals surface area contributed by atoms with Crippen molar-refractivity contribution in [3.05, 3.63) is 33.8 Å². The molecule has 0 spiro atoms. The topological polar surface area (TPSA) is 180 Å². The summed E-state index contributed by atoms with van der Waals surface area (Å²) in [5.41, 5.74) is -2.10. The van der Waals surface area contributed by atoms with Crippen molar-refractivity contribution in [2.75, 3.05) is 33.9 Å². The van der Waals surface area contributed by atoms with Gasteiger partial charge in [0.1, 0.15) is 30.7 Å². The quantitative estimate of drug-likeness (QED) is 0.169. The monoisotopic (exact) mass is 967 g/mol. The molecule has 15 atom stereocenters. The third kappa shape index (κ3) is 10.6. The molecule has 0 bridgehead atoms. The number of ether oxygens (including phenoxy) is 7. The van der Waals surface area contributed by atoms with Gasteiger partial charge in [-0.1, -0.05) is 63.4 Å². The number of carbonyl (C=O) groups excluding carboxylic acids is 5. The summed E-state index contributed by atoms with van der Waals surface area (Å²) in [6.45, 7) is 16.5. The van der Waals surface area contributed by atoms with E-state index in [0.717, 1.165) is 29.8 Å². The zero-order chi connectivity index (χ0) is 48.6. The Balaban J connectivity index is 1.42. The highest BCUT2D eigenvalue weighted by Gasteiger charge is 2.61. The molecule has 4 aliphatic heterocycles. The number of likely N-dealkylation sites (N-methyl/N-ethyl adjacent to an activating group) is 1. The predicted molar refractivity (Wildman–Crippen MR) is 244 cm³/mol. The number of methoxy groups -OCH3 is 1. The summed E-state index contributed by atoms with van der Waals surface area (Å²) in [7, 11) is 3.48. The van der Waals surface area contributed by atoms with Gasteiger partial charge in [0.2, 0.25) is 0 Å². The second-order valence-electron chi connectivity index (χ2n) is 20.0. The highest BCUT2D eigenvalue weighted by Crippen LogP contribution is 2.44. The summed E-state index contributed by atoms with van der Waals surface area (Å²) in [6, 6.07) is 3.33. The number of esters is 1. The Kier molecular flexibility index (Phi) is 16.7. The largest absolute Gasteiger partial charge is 0.458 e. The first-order valence-corrected chi connectivity index (χ1v) is 24.4. The number of fused-ring (bicyclic) bond motifs is 1. The van der Waals surface area contributed by atoms with Gasteiger partial charge in [-0.05, 0) is 104 Å². The molecule has 4 heterocycles. The standard InChI is InChI=1S/C48H71Cl2N3O13/c1-12-36-48(9)40(52(44(57)66-48)19-18-31-16-17-33(49)34(50)21-31)28(5)37(54)25(2)22-47(8,60-11)41(65-43-38(55)35(20-27(4)62-43)51(10)23-32-14-13-15-32)29(6)39(30(7)42(56)63-36)64-46(59)53-26(3)24-61-45(53)58/h16-17,21,25-30,32,35-36,38-41,43,55H,12-15,18-20,22-24H2,1-11H3/t25-,26+,27-,28+,29+,30-,35+,36-,38-,39+,40-,41-,43+,47+,48-/m1/s1. The number of rotatable bonds is 11. The highest BCUT2D eigenvalue weighted by atomic mass is 35.5. The number of cyclic esters (lactones) is 2. The average molecular weight is 969 g/mol. The lowest BCUT2D eigenvalue weighted by atomic mass is 9.73. The molecule has 1 aliphatic carbocycles. The number of hydrogen-bond acceptors (Lipinski definition) is 14. The van der Waals surface area contributed by atoms with E-state index < -0.39 is 102 Å². The van der Waals surface area contributed by atoms with Crippen molar-refractivity contribution in [3.63, 3.8) is 0 Å². The second kappa shape index (κ2) is 21.2. The van der Waals surface area contributed by atoms with Gasteiger partial charge in [0.15, 0.2) is 11.9 Å². The minimum atomic E-state index is -1.52. The number of aliphatic hydroxyl groups is 1. The maximum absolute atomic E-state index is 15.0. The number of Topliss-reactive ketones (excluding diaryl/α,β-unsaturated/α-hetero) is 1. The van der Waals surface area contributed by atoms with Crippen LogP contribution in [0, 0.1) is 29.6 Å². The van der Waals surface area contributed by atoms with E-state index in [2.05, 4.69) is 4.90 Å². The highest BCUT2D eigenvalue weighted by molar-refractivity contribution is 6.42. The number of hydrogen-bond donors (Lipinski definition) is 1. The van der Waals surface area contributed by atoms with E-state index in [4.69, 9.17) is 56.4 Å². The van der Waals surface area contributed by atoms with E-state index in [-0.39, 0.29) is 43.9 Å². The van der Waals surface area contributed by atoms with Gasteiger partial charge in [0.25, 0.3) is 0 Å². The first-order valence-electron chi connectivity index (χ1n) is 23.6. The first-order chi connectivity index (χ1) is 31.0. The van der Waals surface area contributed by atoms with Crippen molar-refractivity contribution in [2.45, 2.75) is 173 Å². The summed E-state index contributed by atoms with van der Waals surface area (Å²) in [5, 5.41) is 12.8. The van der Waals surface area contributed by atoms with Crippen molar-refractivity contribution in [3.8, 4) is 0 Å². The number of aliphatic hydroxyl groups excluding tert-OH is 1. The lowest BCUT2D eigenvalue weighted by molar-refractivity contribution is -0.302. The van der Waals surface area contributed by atoms with Crippen LogP contribution in [-0.2, 0) is 49.2 Å². The fourth-order valence-electron chi connectivity index (χ4n) is 11.1. The van der Waals surface area contributed by atoms with Crippen LogP contribution in [0.4, 0.5) is 14.4 Å². The van der Waals surface area contributed by atoms with Crippen molar-refractivity contribution in [1.29, 1.82) is 0 Å². The van der Waals surface area contributed by atoms with Gasteiger partial charge in [-0.15, -0.1) is 0 Å². The Bertz CT molecular complexity index is 1940. The molecule has 0 radical (unpaired) electrons. The first kappa shape index (κ1) is 52.1. The molecule has 1 aromatic rings. The third-order valence-electron chi connectivity index (χ3n) is 15.2. The molecule has 5 fully saturated rings. The van der Waals surface area contributed by atoms with Gasteiger partial charge in [-0.3, -0.25) is 14.5 Å². The van der Waals surface area contributed by atoms with E-state index in [1.807, 2.05) is 20.0 Å². The molecule has 66 heavy (non-hydrogen) atoms. The molecule has 1 saturated carbocycles. The molecule has 0 aromatic heterocycles. The molecule has 18 heteroatoms. The van der Waals surface area contributed by atoms with E-state index >= 15 is 4.79 Å².